The normalized spacial score (nSPS) is 21.7. The van der Waals surface area contributed by atoms with Crippen LogP contribution < -0.4 is 4.74 Å². The largest absolute Gasteiger partial charge is 0.497 e. The van der Waals surface area contributed by atoms with Gasteiger partial charge in [-0.2, -0.15) is 0 Å². The van der Waals surface area contributed by atoms with Gasteiger partial charge in [0.2, 0.25) is 0 Å². The van der Waals surface area contributed by atoms with Crippen molar-refractivity contribution in [2.45, 2.75) is 45.4 Å². The summed E-state index contributed by atoms with van der Waals surface area (Å²) in [5.41, 5.74) is 8.45. The van der Waals surface area contributed by atoms with Crippen LogP contribution in [-0.2, 0) is 16.6 Å². The Balaban J connectivity index is 1.78. The van der Waals surface area contributed by atoms with Gasteiger partial charge in [0.05, 0.1) is 24.8 Å². The molecule has 0 N–H and O–H groups in total. The highest BCUT2D eigenvalue weighted by Crippen LogP contribution is 2.62. The van der Waals surface area contributed by atoms with Crippen molar-refractivity contribution in [2.24, 2.45) is 5.92 Å². The molecule has 1 heterocycles. The molecule has 182 valence electrons. The molecule has 0 amide bonds. The Morgan fingerprint density at radius 1 is 1.03 bits per heavy atom. The van der Waals surface area contributed by atoms with Crippen molar-refractivity contribution in [1.29, 1.82) is 0 Å². The number of ether oxygens (including phenoxy) is 2. The molecule has 0 saturated heterocycles. The van der Waals surface area contributed by atoms with E-state index in [0.717, 1.165) is 28.6 Å². The van der Waals surface area contributed by atoms with Crippen LogP contribution in [0, 0.1) is 19.8 Å². The van der Waals surface area contributed by atoms with Crippen molar-refractivity contribution in [1.82, 2.24) is 4.98 Å². The maximum atomic E-state index is 13.0. The second kappa shape index (κ2) is 8.19. The first-order chi connectivity index (χ1) is 17.4. The van der Waals surface area contributed by atoms with E-state index in [4.69, 9.17) is 14.5 Å². The molecule has 0 saturated carbocycles. The number of nitrogens with zero attached hydrogens (tertiary/aromatic N) is 1. The number of methoxy groups -OCH3 is 1. The van der Waals surface area contributed by atoms with Crippen molar-refractivity contribution in [3.8, 4) is 5.75 Å². The molecule has 3 atom stereocenters. The molecule has 4 nitrogen and oxygen atoms in total. The Hall–Kier alpha value is -3.66. The molecular weight excluding hydrogens is 446 g/mol. The van der Waals surface area contributed by atoms with Gasteiger partial charge >= 0.3 is 5.97 Å². The van der Waals surface area contributed by atoms with Gasteiger partial charge in [-0.3, -0.25) is 0 Å². The molecule has 6 rings (SSSR count). The van der Waals surface area contributed by atoms with Gasteiger partial charge in [0.1, 0.15) is 11.4 Å². The molecular formula is C32H31NO3. The van der Waals surface area contributed by atoms with Crippen LogP contribution in [0.4, 0.5) is 0 Å². The second-order valence-corrected chi connectivity index (χ2v) is 10.3. The highest BCUT2D eigenvalue weighted by Gasteiger charge is 2.56. The number of esters is 1. The summed E-state index contributed by atoms with van der Waals surface area (Å²) in [4.78, 5) is 18.2. The highest BCUT2D eigenvalue weighted by molar-refractivity contribution is 5.98. The molecule has 4 heteroatoms. The zero-order valence-corrected chi connectivity index (χ0v) is 21.5. The monoisotopic (exact) mass is 477 g/mol. The first-order valence-corrected chi connectivity index (χ1v) is 12.8. The predicted molar refractivity (Wildman–Crippen MR) is 142 cm³/mol. The average Bonchev–Trinajstić information content (AvgIpc) is 3.12. The molecule has 36 heavy (non-hydrogen) atoms. The number of rotatable bonds is 4. The van der Waals surface area contributed by atoms with E-state index < -0.39 is 11.4 Å². The van der Waals surface area contributed by atoms with Crippen LogP contribution in [0.15, 0.2) is 60.7 Å². The molecule has 0 fully saturated rings. The van der Waals surface area contributed by atoms with Crippen LogP contribution >= 0.6 is 0 Å². The van der Waals surface area contributed by atoms with E-state index in [-0.39, 0.29) is 5.92 Å². The number of fused-ring (bicyclic) bond motifs is 4. The van der Waals surface area contributed by atoms with Gasteiger partial charge in [0, 0.05) is 5.39 Å². The Labute approximate surface area is 212 Å². The summed E-state index contributed by atoms with van der Waals surface area (Å²) in [6.45, 7) is 8.75. The molecule has 4 aromatic rings. The molecule has 0 radical (unpaired) electrons. The van der Waals surface area contributed by atoms with Crippen LogP contribution in [0.5, 0.6) is 5.75 Å². The number of aryl methyl sites for hydroxylation is 2. The average molecular weight is 478 g/mol. The lowest BCUT2D eigenvalue weighted by Crippen LogP contribution is -2.40. The lowest BCUT2D eigenvalue weighted by atomic mass is 9.60. The van der Waals surface area contributed by atoms with Crippen molar-refractivity contribution in [2.75, 3.05) is 13.7 Å². The predicted octanol–water partition coefficient (Wildman–Crippen LogP) is 6.66. The van der Waals surface area contributed by atoms with E-state index in [0.29, 0.717) is 18.2 Å². The van der Waals surface area contributed by atoms with E-state index in [9.17, 15) is 4.79 Å². The van der Waals surface area contributed by atoms with E-state index in [1.165, 1.54) is 33.4 Å². The maximum absolute atomic E-state index is 13.0. The standard InChI is InChI=1S/C32H31NO3/c1-6-36-31(34)28-17-22-15-24(35-5)14-21-16-27-20(4)25-13-19(3)9-12-26(25)32(27,30(33-28)29(21)22)23-10-7-18(2)8-11-23/h7-15,17,20,27H,6,16H2,1-5H3/t20-,27+,32-/m0/s1. The van der Waals surface area contributed by atoms with Crippen molar-refractivity contribution in [3.05, 3.63) is 105 Å². The van der Waals surface area contributed by atoms with Gasteiger partial charge in [0.25, 0.3) is 0 Å². The third kappa shape index (κ3) is 3.06. The fraction of sp³-hybridized carbons (Fsp3) is 0.312. The number of pyridine rings is 1. The van der Waals surface area contributed by atoms with E-state index in [1.54, 1.807) is 7.11 Å². The third-order valence-electron chi connectivity index (χ3n) is 8.31. The quantitative estimate of drug-likeness (QED) is 0.308. The van der Waals surface area contributed by atoms with Gasteiger partial charge in [-0.1, -0.05) is 60.5 Å². The molecule has 0 unspecified atom stereocenters. The topological polar surface area (TPSA) is 48.4 Å². The lowest BCUT2D eigenvalue weighted by molar-refractivity contribution is 0.0519. The minimum absolute atomic E-state index is 0.254. The fourth-order valence-corrected chi connectivity index (χ4v) is 6.73. The molecule has 2 aliphatic rings. The lowest BCUT2D eigenvalue weighted by Gasteiger charge is -2.43. The third-order valence-corrected chi connectivity index (χ3v) is 8.31. The minimum Gasteiger partial charge on any atom is -0.497 e. The summed E-state index contributed by atoms with van der Waals surface area (Å²) < 4.78 is 11.1. The van der Waals surface area contributed by atoms with E-state index >= 15 is 0 Å². The van der Waals surface area contributed by atoms with Crippen molar-refractivity contribution >= 4 is 16.7 Å². The molecule has 2 aliphatic carbocycles. The Kier molecular flexibility index (Phi) is 5.18. The summed E-state index contributed by atoms with van der Waals surface area (Å²) in [6.07, 6.45) is 0.907. The Morgan fingerprint density at radius 3 is 2.50 bits per heavy atom. The summed E-state index contributed by atoms with van der Waals surface area (Å²) in [5.74, 6) is 0.982. The van der Waals surface area contributed by atoms with Crippen LogP contribution in [0.3, 0.4) is 0 Å². The summed E-state index contributed by atoms with van der Waals surface area (Å²) in [7, 11) is 1.69. The number of benzene rings is 3. The number of aromatic nitrogens is 1. The number of hydrogen-bond donors (Lipinski definition) is 0. The molecule has 3 aromatic carbocycles. The van der Waals surface area contributed by atoms with Crippen LogP contribution in [0.2, 0.25) is 0 Å². The van der Waals surface area contributed by atoms with Crippen LogP contribution in [-0.4, -0.2) is 24.7 Å². The first-order valence-electron chi connectivity index (χ1n) is 12.8. The number of carbonyl (C=O) groups is 1. The number of hydrogen-bond acceptors (Lipinski definition) is 4. The highest BCUT2D eigenvalue weighted by atomic mass is 16.5. The second-order valence-electron chi connectivity index (χ2n) is 10.3. The van der Waals surface area contributed by atoms with Crippen molar-refractivity contribution in [3.63, 3.8) is 0 Å². The van der Waals surface area contributed by atoms with Gasteiger partial charge in [-0.05, 0) is 84.9 Å². The molecule has 0 aliphatic heterocycles. The molecule has 0 bridgehead atoms. The maximum Gasteiger partial charge on any atom is 0.356 e. The van der Waals surface area contributed by atoms with Gasteiger partial charge in [-0.25, -0.2) is 9.78 Å². The zero-order valence-electron chi connectivity index (χ0n) is 21.5. The first kappa shape index (κ1) is 22.8. The van der Waals surface area contributed by atoms with Gasteiger partial charge < -0.3 is 9.47 Å². The summed E-state index contributed by atoms with van der Waals surface area (Å²) in [5, 5.41) is 2.09. The molecule has 1 aromatic heterocycles. The summed E-state index contributed by atoms with van der Waals surface area (Å²) in [6, 6.07) is 21.8. The molecule has 0 spiro atoms. The van der Waals surface area contributed by atoms with Crippen molar-refractivity contribution < 1.29 is 14.3 Å². The SMILES string of the molecule is CCOC(=O)c1cc2cc(OC)cc3c2c(n1)[C@@]1(c2ccc(C)cc2)c2ccc(C)cc2[C@H](C)[C@H]1C3. The van der Waals surface area contributed by atoms with Crippen LogP contribution in [0.1, 0.15) is 69.3 Å². The fourth-order valence-electron chi connectivity index (χ4n) is 6.73. The minimum atomic E-state index is -0.460. The van der Waals surface area contributed by atoms with E-state index in [2.05, 4.69) is 69.3 Å². The summed E-state index contributed by atoms with van der Waals surface area (Å²) >= 11 is 0. The Bertz CT molecular complexity index is 1520. The van der Waals surface area contributed by atoms with Crippen LogP contribution in [0.25, 0.3) is 10.8 Å². The zero-order chi connectivity index (χ0) is 25.2. The Morgan fingerprint density at radius 2 is 1.78 bits per heavy atom. The number of carbonyl (C=O) groups excluding carboxylic acids is 1. The smallest absolute Gasteiger partial charge is 0.356 e. The van der Waals surface area contributed by atoms with Gasteiger partial charge in [0.15, 0.2) is 0 Å². The van der Waals surface area contributed by atoms with E-state index in [1.807, 2.05) is 19.1 Å². The van der Waals surface area contributed by atoms with Gasteiger partial charge in [-0.15, -0.1) is 0 Å².